The van der Waals surface area contributed by atoms with E-state index in [1.165, 1.54) is 11.8 Å². The van der Waals surface area contributed by atoms with Crippen molar-refractivity contribution in [2.45, 2.75) is 6.61 Å². The molecule has 0 aliphatic carbocycles. The topological polar surface area (TPSA) is 51.1 Å². The van der Waals surface area contributed by atoms with Gasteiger partial charge in [0, 0.05) is 5.02 Å². The molecule has 1 amide bonds. The maximum atomic E-state index is 13.6. The lowest BCUT2D eigenvalue weighted by atomic mass is 10.1. The third-order valence-electron chi connectivity index (χ3n) is 5.62. The molecular formula is C30H22Cl2N2O3S. The average Bonchev–Trinajstić information content (AvgIpc) is 3.22. The molecule has 1 aliphatic heterocycles. The fraction of sp³-hybridized carbons (Fsp3) is 0.0667. The molecule has 4 aromatic carbocycles. The largest absolute Gasteiger partial charge is 0.493 e. The predicted molar refractivity (Wildman–Crippen MR) is 157 cm³/mol. The number of halogens is 2. The second kappa shape index (κ2) is 11.8. The predicted octanol–water partition coefficient (Wildman–Crippen LogP) is 8.39. The third kappa shape index (κ3) is 5.89. The molecule has 1 saturated heterocycles. The molecule has 0 atom stereocenters. The zero-order valence-electron chi connectivity index (χ0n) is 20.3. The van der Waals surface area contributed by atoms with Crippen LogP contribution in [0.25, 0.3) is 6.08 Å². The first-order chi connectivity index (χ1) is 18.5. The molecule has 5 nitrogen and oxygen atoms in total. The number of para-hydroxylation sites is 2. The SMILES string of the molecule is COc1cc(/C=C2/SC(=Nc3ccccc3)N(c3ccccc3)C2=O)cc(Cl)c1OCc1cccc(Cl)c1. The maximum Gasteiger partial charge on any atom is 0.271 e. The highest BCUT2D eigenvalue weighted by Gasteiger charge is 2.34. The molecule has 8 heteroatoms. The zero-order valence-corrected chi connectivity index (χ0v) is 22.6. The number of thioether (sulfide) groups is 1. The monoisotopic (exact) mass is 560 g/mol. The number of rotatable bonds is 7. The number of amides is 1. The summed E-state index contributed by atoms with van der Waals surface area (Å²) in [5.41, 5.74) is 3.10. The van der Waals surface area contributed by atoms with Crippen LogP contribution in [0.4, 0.5) is 11.4 Å². The number of nitrogens with zero attached hydrogens (tertiary/aromatic N) is 2. The molecule has 0 radical (unpaired) electrons. The maximum absolute atomic E-state index is 13.6. The standard InChI is InChI=1S/C30H22Cl2N2O3S/c1-36-26-17-21(16-25(32)28(26)37-19-20-9-8-10-22(31)15-20)18-27-29(35)34(24-13-6-3-7-14-24)30(38-27)33-23-11-4-2-5-12-23/h2-18H,19H2,1H3/b27-18+,33-30?. The Hall–Kier alpha value is -3.71. The summed E-state index contributed by atoms with van der Waals surface area (Å²) >= 11 is 14.0. The summed E-state index contributed by atoms with van der Waals surface area (Å²) in [4.78, 5) is 20.4. The van der Waals surface area contributed by atoms with E-state index in [1.807, 2.05) is 78.9 Å². The first kappa shape index (κ1) is 25.9. The van der Waals surface area contributed by atoms with Crippen LogP contribution in [0.5, 0.6) is 11.5 Å². The molecule has 1 heterocycles. The van der Waals surface area contributed by atoms with Crippen LogP contribution >= 0.6 is 35.0 Å². The van der Waals surface area contributed by atoms with E-state index in [4.69, 9.17) is 37.7 Å². The molecular weight excluding hydrogens is 539 g/mol. The number of methoxy groups -OCH3 is 1. The first-order valence-electron chi connectivity index (χ1n) is 11.7. The van der Waals surface area contributed by atoms with E-state index in [1.54, 1.807) is 36.3 Å². The Balaban J connectivity index is 1.46. The third-order valence-corrected chi connectivity index (χ3v) is 7.11. The molecule has 190 valence electrons. The molecule has 5 rings (SSSR count). The number of amidine groups is 1. The Labute approximate surface area is 235 Å². The number of anilines is 1. The molecule has 0 saturated carbocycles. The molecule has 1 aliphatic rings. The minimum atomic E-state index is -0.174. The van der Waals surface area contributed by atoms with Crippen molar-refractivity contribution in [1.82, 2.24) is 0 Å². The van der Waals surface area contributed by atoms with Crippen molar-refractivity contribution in [2.75, 3.05) is 12.0 Å². The summed E-state index contributed by atoms with van der Waals surface area (Å²) in [5.74, 6) is 0.700. The highest BCUT2D eigenvalue weighted by molar-refractivity contribution is 8.19. The van der Waals surface area contributed by atoms with E-state index in [2.05, 4.69) is 0 Å². The Bertz CT molecular complexity index is 1530. The van der Waals surface area contributed by atoms with Gasteiger partial charge in [0.05, 0.1) is 28.4 Å². The molecule has 0 spiro atoms. The lowest BCUT2D eigenvalue weighted by Gasteiger charge is -2.15. The summed E-state index contributed by atoms with van der Waals surface area (Å²) in [6.45, 7) is 0.275. The van der Waals surface area contributed by atoms with Gasteiger partial charge in [-0.15, -0.1) is 0 Å². The summed E-state index contributed by atoms with van der Waals surface area (Å²) in [6, 6.07) is 30.0. The van der Waals surface area contributed by atoms with Gasteiger partial charge in [-0.1, -0.05) is 71.7 Å². The van der Waals surface area contributed by atoms with Crippen LogP contribution in [0.1, 0.15) is 11.1 Å². The van der Waals surface area contributed by atoms with Gasteiger partial charge in [0.25, 0.3) is 5.91 Å². The van der Waals surface area contributed by atoms with Crippen molar-refractivity contribution in [3.05, 3.63) is 123 Å². The fourth-order valence-electron chi connectivity index (χ4n) is 3.86. The number of carbonyl (C=O) groups excluding carboxylic acids is 1. The van der Waals surface area contributed by atoms with Crippen LogP contribution in [-0.2, 0) is 11.4 Å². The smallest absolute Gasteiger partial charge is 0.271 e. The van der Waals surface area contributed by atoms with E-state index in [0.29, 0.717) is 37.2 Å². The number of aliphatic imine (C=N–C) groups is 1. The number of hydrogen-bond donors (Lipinski definition) is 0. The van der Waals surface area contributed by atoms with Gasteiger partial charge in [-0.3, -0.25) is 9.69 Å². The number of ether oxygens (including phenoxy) is 2. The van der Waals surface area contributed by atoms with Crippen molar-refractivity contribution < 1.29 is 14.3 Å². The van der Waals surface area contributed by atoms with Crippen LogP contribution in [0.3, 0.4) is 0 Å². The molecule has 38 heavy (non-hydrogen) atoms. The quantitative estimate of drug-likeness (QED) is 0.213. The van der Waals surface area contributed by atoms with Gasteiger partial charge in [-0.05, 0) is 77.5 Å². The van der Waals surface area contributed by atoms with Gasteiger partial charge in [0.2, 0.25) is 0 Å². The Morgan fingerprint density at radius 1 is 0.921 bits per heavy atom. The van der Waals surface area contributed by atoms with E-state index in [-0.39, 0.29) is 12.5 Å². The van der Waals surface area contributed by atoms with E-state index >= 15 is 0 Å². The molecule has 4 aromatic rings. The number of benzene rings is 4. The Kier molecular flexibility index (Phi) is 8.03. The van der Waals surface area contributed by atoms with Crippen molar-refractivity contribution in [1.29, 1.82) is 0 Å². The van der Waals surface area contributed by atoms with E-state index < -0.39 is 0 Å². The average molecular weight is 561 g/mol. The first-order valence-corrected chi connectivity index (χ1v) is 13.3. The van der Waals surface area contributed by atoms with Gasteiger partial charge in [0.15, 0.2) is 16.7 Å². The second-order valence-corrected chi connectivity index (χ2v) is 10.1. The van der Waals surface area contributed by atoms with Crippen molar-refractivity contribution in [2.24, 2.45) is 4.99 Å². The number of carbonyl (C=O) groups is 1. The van der Waals surface area contributed by atoms with Crippen LogP contribution in [-0.4, -0.2) is 18.2 Å². The van der Waals surface area contributed by atoms with Crippen molar-refractivity contribution in [3.8, 4) is 11.5 Å². The molecule has 0 unspecified atom stereocenters. The highest BCUT2D eigenvalue weighted by Crippen LogP contribution is 2.41. The minimum Gasteiger partial charge on any atom is -0.493 e. The van der Waals surface area contributed by atoms with Gasteiger partial charge >= 0.3 is 0 Å². The van der Waals surface area contributed by atoms with Gasteiger partial charge in [-0.2, -0.15) is 0 Å². The Morgan fingerprint density at radius 3 is 2.37 bits per heavy atom. The Morgan fingerprint density at radius 2 is 1.66 bits per heavy atom. The highest BCUT2D eigenvalue weighted by atomic mass is 35.5. The minimum absolute atomic E-state index is 0.174. The molecule has 0 aromatic heterocycles. The second-order valence-electron chi connectivity index (χ2n) is 8.27. The van der Waals surface area contributed by atoms with Gasteiger partial charge in [0.1, 0.15) is 6.61 Å². The van der Waals surface area contributed by atoms with Crippen LogP contribution < -0.4 is 14.4 Å². The molecule has 0 bridgehead atoms. The van der Waals surface area contributed by atoms with Gasteiger partial charge < -0.3 is 9.47 Å². The van der Waals surface area contributed by atoms with Crippen LogP contribution in [0.15, 0.2) is 107 Å². The van der Waals surface area contributed by atoms with Crippen LogP contribution in [0, 0.1) is 0 Å². The summed E-state index contributed by atoms with van der Waals surface area (Å²) in [5, 5.41) is 1.56. The van der Waals surface area contributed by atoms with Crippen molar-refractivity contribution >= 4 is 63.5 Å². The summed E-state index contributed by atoms with van der Waals surface area (Å²) in [7, 11) is 1.55. The van der Waals surface area contributed by atoms with Gasteiger partial charge in [-0.25, -0.2) is 4.99 Å². The molecule has 1 fully saturated rings. The summed E-state index contributed by atoms with van der Waals surface area (Å²) in [6.07, 6.45) is 1.78. The normalized spacial score (nSPS) is 15.3. The lowest BCUT2D eigenvalue weighted by molar-refractivity contribution is -0.113. The lowest BCUT2D eigenvalue weighted by Crippen LogP contribution is -2.28. The van der Waals surface area contributed by atoms with Crippen LogP contribution in [0.2, 0.25) is 10.0 Å². The van der Waals surface area contributed by atoms with Crippen molar-refractivity contribution in [3.63, 3.8) is 0 Å². The fourth-order valence-corrected chi connectivity index (χ4v) is 5.35. The van der Waals surface area contributed by atoms with E-state index in [9.17, 15) is 4.79 Å². The van der Waals surface area contributed by atoms with E-state index in [0.717, 1.165) is 16.9 Å². The molecule has 0 N–H and O–H groups in total. The number of hydrogen-bond acceptors (Lipinski definition) is 5. The zero-order chi connectivity index (χ0) is 26.5. The summed E-state index contributed by atoms with van der Waals surface area (Å²) < 4.78 is 11.5.